The molecule has 0 aliphatic rings. The summed E-state index contributed by atoms with van der Waals surface area (Å²) in [6, 6.07) is 3.68. The predicted octanol–water partition coefficient (Wildman–Crippen LogP) is 0.250. The summed E-state index contributed by atoms with van der Waals surface area (Å²) < 4.78 is 18.3. The van der Waals surface area contributed by atoms with Gasteiger partial charge in [-0.1, -0.05) is 11.8 Å². The number of aliphatic hydroxyl groups is 2. The first-order chi connectivity index (χ1) is 10.1. The van der Waals surface area contributed by atoms with Gasteiger partial charge < -0.3 is 19.8 Å². The van der Waals surface area contributed by atoms with Gasteiger partial charge >= 0.3 is 0 Å². The van der Waals surface area contributed by atoms with E-state index < -0.39 is 11.7 Å². The summed E-state index contributed by atoms with van der Waals surface area (Å²) in [5.41, 5.74) is 0.427. The Kier molecular flexibility index (Phi) is 7.40. The fraction of sp³-hybridized carbons (Fsp3) is 0.400. The Balaban J connectivity index is 3.09. The van der Waals surface area contributed by atoms with Crippen molar-refractivity contribution in [3.63, 3.8) is 0 Å². The second kappa shape index (κ2) is 9.08. The van der Waals surface area contributed by atoms with E-state index in [1.165, 1.54) is 24.1 Å². The second-order valence-electron chi connectivity index (χ2n) is 4.16. The van der Waals surface area contributed by atoms with Crippen LogP contribution in [0, 0.1) is 17.7 Å². The van der Waals surface area contributed by atoms with Crippen LogP contribution >= 0.6 is 0 Å². The van der Waals surface area contributed by atoms with Crippen molar-refractivity contribution in [3.8, 4) is 11.8 Å². The maximum absolute atomic E-state index is 13.4. The number of carbonyl (C=O) groups excluding carboxylic acids is 1. The topological polar surface area (TPSA) is 70.0 Å². The van der Waals surface area contributed by atoms with Gasteiger partial charge in [0.15, 0.2) is 0 Å². The number of methoxy groups -OCH3 is 1. The quantitative estimate of drug-likeness (QED) is 0.738. The van der Waals surface area contributed by atoms with Gasteiger partial charge in [-0.2, -0.15) is 0 Å². The largest absolute Gasteiger partial charge is 0.395 e. The number of amides is 1. The molecule has 1 aromatic rings. The molecule has 2 N–H and O–H groups in total. The van der Waals surface area contributed by atoms with Crippen molar-refractivity contribution in [2.45, 2.75) is 0 Å². The van der Waals surface area contributed by atoms with Crippen molar-refractivity contribution in [2.24, 2.45) is 0 Å². The Morgan fingerprint density at radius 3 is 2.76 bits per heavy atom. The van der Waals surface area contributed by atoms with Crippen LogP contribution in [-0.2, 0) is 4.74 Å². The number of hydrogen-bond acceptors (Lipinski definition) is 4. The smallest absolute Gasteiger partial charge is 0.255 e. The molecule has 0 radical (unpaired) electrons. The molecule has 1 aromatic carbocycles. The van der Waals surface area contributed by atoms with Crippen molar-refractivity contribution < 1.29 is 24.1 Å². The van der Waals surface area contributed by atoms with Gasteiger partial charge in [0.1, 0.15) is 12.4 Å². The molecule has 0 aromatic heterocycles. The number of ether oxygens (including phenoxy) is 1. The Morgan fingerprint density at radius 1 is 1.38 bits per heavy atom. The number of benzene rings is 1. The molecule has 0 unspecified atom stereocenters. The van der Waals surface area contributed by atoms with Crippen LogP contribution in [0.2, 0.25) is 0 Å². The van der Waals surface area contributed by atoms with Crippen LogP contribution in [0.15, 0.2) is 18.2 Å². The molecular weight excluding hydrogens is 277 g/mol. The van der Waals surface area contributed by atoms with Crippen LogP contribution in [0.4, 0.5) is 4.39 Å². The standard InChI is InChI=1S/C15H18FNO4/c1-21-10-7-17(6-9-19)15(20)14-11-13(16)5-4-12(14)3-2-8-18/h4-5,11,18-19H,6-10H2,1H3. The van der Waals surface area contributed by atoms with E-state index >= 15 is 0 Å². The number of hydrogen-bond donors (Lipinski definition) is 2. The second-order valence-corrected chi connectivity index (χ2v) is 4.16. The lowest BCUT2D eigenvalue weighted by atomic mass is 10.1. The van der Waals surface area contributed by atoms with Crippen molar-refractivity contribution in [2.75, 3.05) is 40.0 Å². The fourth-order valence-electron chi connectivity index (χ4n) is 1.74. The third-order valence-electron chi connectivity index (χ3n) is 2.74. The first-order valence-electron chi connectivity index (χ1n) is 6.42. The van der Waals surface area contributed by atoms with Crippen molar-refractivity contribution >= 4 is 5.91 Å². The monoisotopic (exact) mass is 295 g/mol. The molecule has 0 bridgehead atoms. The molecule has 1 rings (SSSR count). The lowest BCUT2D eigenvalue weighted by molar-refractivity contribution is 0.0655. The average molecular weight is 295 g/mol. The van der Waals surface area contributed by atoms with Gasteiger partial charge in [0.25, 0.3) is 5.91 Å². The van der Waals surface area contributed by atoms with Gasteiger partial charge in [-0.3, -0.25) is 4.79 Å². The van der Waals surface area contributed by atoms with Gasteiger partial charge in [0.05, 0.1) is 18.8 Å². The summed E-state index contributed by atoms with van der Waals surface area (Å²) in [5.74, 6) is 4.05. The summed E-state index contributed by atoms with van der Waals surface area (Å²) in [6.45, 7) is 0.140. The summed E-state index contributed by atoms with van der Waals surface area (Å²) in [5, 5.41) is 17.8. The minimum Gasteiger partial charge on any atom is -0.395 e. The third kappa shape index (κ3) is 5.16. The molecule has 5 nitrogen and oxygen atoms in total. The first-order valence-corrected chi connectivity index (χ1v) is 6.42. The summed E-state index contributed by atoms with van der Waals surface area (Å²) in [7, 11) is 1.50. The van der Waals surface area contributed by atoms with Gasteiger partial charge in [-0.05, 0) is 18.2 Å². The minimum atomic E-state index is -0.552. The van der Waals surface area contributed by atoms with E-state index in [1.807, 2.05) is 0 Å². The summed E-state index contributed by atoms with van der Waals surface area (Å²) in [4.78, 5) is 13.8. The van der Waals surface area contributed by atoms with E-state index in [1.54, 1.807) is 0 Å². The molecule has 0 aliphatic heterocycles. The van der Waals surface area contributed by atoms with Gasteiger partial charge in [0, 0.05) is 25.8 Å². The van der Waals surface area contributed by atoms with Crippen LogP contribution in [0.5, 0.6) is 0 Å². The highest BCUT2D eigenvalue weighted by atomic mass is 19.1. The molecule has 0 saturated carbocycles. The molecule has 0 heterocycles. The van der Waals surface area contributed by atoms with E-state index in [9.17, 15) is 9.18 Å². The van der Waals surface area contributed by atoms with Gasteiger partial charge in [-0.15, -0.1) is 0 Å². The zero-order valence-corrected chi connectivity index (χ0v) is 11.8. The van der Waals surface area contributed by atoms with Crippen LogP contribution < -0.4 is 0 Å². The van der Waals surface area contributed by atoms with Crippen molar-refractivity contribution in [1.82, 2.24) is 4.90 Å². The molecule has 1 amide bonds. The zero-order chi connectivity index (χ0) is 15.7. The third-order valence-corrected chi connectivity index (χ3v) is 2.74. The number of nitrogens with zero attached hydrogens (tertiary/aromatic N) is 1. The van der Waals surface area contributed by atoms with Crippen molar-refractivity contribution in [3.05, 3.63) is 35.1 Å². The number of aliphatic hydroxyl groups excluding tert-OH is 2. The Hall–Kier alpha value is -1.94. The molecule has 0 atom stereocenters. The summed E-state index contributed by atoms with van der Waals surface area (Å²) >= 11 is 0. The van der Waals surface area contributed by atoms with Gasteiger partial charge in [0.2, 0.25) is 0 Å². The number of rotatable bonds is 6. The fourth-order valence-corrected chi connectivity index (χ4v) is 1.74. The molecular formula is C15H18FNO4. The van der Waals surface area contributed by atoms with E-state index in [-0.39, 0.29) is 31.9 Å². The Bertz CT molecular complexity index is 536. The maximum Gasteiger partial charge on any atom is 0.255 e. The molecule has 0 aliphatic carbocycles. The average Bonchev–Trinajstić information content (AvgIpc) is 2.49. The van der Waals surface area contributed by atoms with Crippen molar-refractivity contribution in [1.29, 1.82) is 0 Å². The molecule has 6 heteroatoms. The molecule has 114 valence electrons. The van der Waals surface area contributed by atoms with Crippen LogP contribution in [0.3, 0.4) is 0 Å². The van der Waals surface area contributed by atoms with Crippen LogP contribution in [0.25, 0.3) is 0 Å². The number of halogens is 1. The molecule has 0 saturated heterocycles. The highest BCUT2D eigenvalue weighted by molar-refractivity contribution is 5.96. The maximum atomic E-state index is 13.4. The van der Waals surface area contributed by atoms with E-state index in [0.29, 0.717) is 12.2 Å². The highest BCUT2D eigenvalue weighted by Crippen LogP contribution is 2.13. The van der Waals surface area contributed by atoms with E-state index in [4.69, 9.17) is 14.9 Å². The SMILES string of the molecule is COCCN(CCO)C(=O)c1cc(F)ccc1C#CCO. The molecule has 0 spiro atoms. The minimum absolute atomic E-state index is 0.0977. The Labute approximate surface area is 123 Å². The van der Waals surface area contributed by atoms with E-state index in [0.717, 1.165) is 6.07 Å². The molecule has 0 fully saturated rings. The Morgan fingerprint density at radius 2 is 2.14 bits per heavy atom. The van der Waals surface area contributed by atoms with E-state index in [2.05, 4.69) is 11.8 Å². The highest BCUT2D eigenvalue weighted by Gasteiger charge is 2.18. The van der Waals surface area contributed by atoms with Crippen LogP contribution in [-0.4, -0.2) is 61.0 Å². The lowest BCUT2D eigenvalue weighted by Gasteiger charge is -2.22. The lowest BCUT2D eigenvalue weighted by Crippen LogP contribution is -2.36. The normalized spacial score (nSPS) is 9.90. The first kappa shape index (κ1) is 17.1. The number of carbonyl (C=O) groups is 1. The van der Waals surface area contributed by atoms with Gasteiger partial charge in [-0.25, -0.2) is 4.39 Å². The predicted molar refractivity (Wildman–Crippen MR) is 75.2 cm³/mol. The summed E-state index contributed by atoms with van der Waals surface area (Å²) in [6.07, 6.45) is 0. The zero-order valence-electron chi connectivity index (χ0n) is 11.8. The molecule has 21 heavy (non-hydrogen) atoms. The van der Waals surface area contributed by atoms with Crippen LogP contribution in [0.1, 0.15) is 15.9 Å².